The van der Waals surface area contributed by atoms with E-state index in [4.69, 9.17) is 4.74 Å². The van der Waals surface area contributed by atoms with Crippen LogP contribution in [0.5, 0.6) is 5.75 Å². The molecule has 0 fully saturated rings. The van der Waals surface area contributed by atoms with Crippen LogP contribution in [0.4, 0.5) is 5.69 Å². The zero-order valence-corrected chi connectivity index (χ0v) is 12.7. The molecule has 9 heteroatoms. The van der Waals surface area contributed by atoms with Gasteiger partial charge >= 0.3 is 5.69 Å². The van der Waals surface area contributed by atoms with Crippen molar-refractivity contribution in [3.8, 4) is 5.75 Å². The van der Waals surface area contributed by atoms with Gasteiger partial charge in [-0.3, -0.25) is 14.9 Å². The largest absolute Gasteiger partial charge is 0.486 e. The number of nitrogens with one attached hydrogen (secondary N) is 1. The highest BCUT2D eigenvalue weighted by atomic mass is 16.6. The van der Waals surface area contributed by atoms with Crippen LogP contribution in [0, 0.1) is 17.0 Å². The molecular formula is C14H16N4O5. The van der Waals surface area contributed by atoms with Crippen LogP contribution in [0.1, 0.15) is 30.8 Å². The molecular weight excluding hydrogens is 304 g/mol. The summed E-state index contributed by atoms with van der Waals surface area (Å²) < 4.78 is 9.97. The number of aromatic nitrogens is 2. The van der Waals surface area contributed by atoms with E-state index in [9.17, 15) is 14.9 Å². The van der Waals surface area contributed by atoms with Crippen LogP contribution >= 0.6 is 0 Å². The number of hydrogen-bond acceptors (Lipinski definition) is 7. The van der Waals surface area contributed by atoms with Crippen LogP contribution in [0.15, 0.2) is 29.1 Å². The van der Waals surface area contributed by atoms with E-state index < -0.39 is 11.0 Å². The second-order valence-corrected chi connectivity index (χ2v) is 4.91. The summed E-state index contributed by atoms with van der Waals surface area (Å²) in [4.78, 5) is 26.1. The van der Waals surface area contributed by atoms with E-state index in [2.05, 4.69) is 20.0 Å². The molecule has 0 aliphatic carbocycles. The van der Waals surface area contributed by atoms with Gasteiger partial charge in [-0.1, -0.05) is 11.2 Å². The molecule has 1 N–H and O–H groups in total. The molecule has 0 saturated carbocycles. The third-order valence-corrected chi connectivity index (χ3v) is 3.04. The van der Waals surface area contributed by atoms with Crippen molar-refractivity contribution in [2.75, 3.05) is 6.61 Å². The Labute approximate surface area is 131 Å². The van der Waals surface area contributed by atoms with E-state index in [1.807, 2.05) is 0 Å². The van der Waals surface area contributed by atoms with Gasteiger partial charge < -0.3 is 14.6 Å². The van der Waals surface area contributed by atoms with Crippen molar-refractivity contribution in [2.45, 2.75) is 26.3 Å². The van der Waals surface area contributed by atoms with Crippen molar-refractivity contribution in [1.29, 1.82) is 0 Å². The van der Waals surface area contributed by atoms with Crippen LogP contribution < -0.4 is 10.1 Å². The number of nitro groups is 1. The minimum atomic E-state index is -0.521. The van der Waals surface area contributed by atoms with E-state index in [-0.39, 0.29) is 30.4 Å². The summed E-state index contributed by atoms with van der Waals surface area (Å²) in [6.07, 6.45) is 1.23. The average Bonchev–Trinajstić information content (AvgIpc) is 3.01. The summed E-state index contributed by atoms with van der Waals surface area (Å²) in [5, 5.41) is 17.2. The number of carbonyl (C=O) groups is 1. The fraction of sp³-hybridized carbons (Fsp3) is 0.357. The van der Waals surface area contributed by atoms with Gasteiger partial charge in [-0.05, 0) is 25.5 Å². The van der Waals surface area contributed by atoms with Crippen LogP contribution in [-0.2, 0) is 4.79 Å². The first-order chi connectivity index (χ1) is 11.0. The number of nitro benzene ring substituents is 1. The molecule has 0 radical (unpaired) electrons. The summed E-state index contributed by atoms with van der Waals surface area (Å²) in [5.74, 6) is 0.236. The predicted octanol–water partition coefficient (Wildman–Crippen LogP) is 1.93. The molecule has 1 aromatic carbocycles. The smallest absolute Gasteiger partial charge is 0.310 e. The van der Waals surface area contributed by atoms with E-state index in [1.54, 1.807) is 26.0 Å². The van der Waals surface area contributed by atoms with Gasteiger partial charge in [0.05, 0.1) is 24.0 Å². The Hall–Kier alpha value is -2.97. The van der Waals surface area contributed by atoms with Gasteiger partial charge in [0.1, 0.15) is 0 Å². The summed E-state index contributed by atoms with van der Waals surface area (Å²) in [5.41, 5.74) is 0.706. The average molecular weight is 320 g/mol. The Morgan fingerprint density at radius 3 is 2.96 bits per heavy atom. The zero-order chi connectivity index (χ0) is 16.8. The Morgan fingerprint density at radius 2 is 2.30 bits per heavy atom. The van der Waals surface area contributed by atoms with Gasteiger partial charge in [-0.15, -0.1) is 0 Å². The van der Waals surface area contributed by atoms with E-state index in [0.29, 0.717) is 5.82 Å². The lowest BCUT2D eigenvalue weighted by Gasteiger charge is -2.11. The van der Waals surface area contributed by atoms with Crippen LogP contribution in [0.2, 0.25) is 0 Å². The Bertz CT molecular complexity index is 686. The third-order valence-electron chi connectivity index (χ3n) is 3.04. The van der Waals surface area contributed by atoms with Gasteiger partial charge in [0, 0.05) is 6.07 Å². The summed E-state index contributed by atoms with van der Waals surface area (Å²) in [6.45, 7) is 3.54. The Morgan fingerprint density at radius 1 is 1.52 bits per heavy atom. The van der Waals surface area contributed by atoms with E-state index in [1.165, 1.54) is 12.5 Å². The molecule has 2 aromatic rings. The Kier molecular flexibility index (Phi) is 5.23. The molecule has 9 nitrogen and oxygen atoms in total. The number of hydrogen-bond donors (Lipinski definition) is 1. The van der Waals surface area contributed by atoms with Crippen molar-refractivity contribution >= 4 is 11.6 Å². The number of rotatable bonds is 7. The zero-order valence-electron chi connectivity index (χ0n) is 12.7. The molecule has 122 valence electrons. The maximum absolute atomic E-state index is 11.8. The first-order valence-electron chi connectivity index (χ1n) is 6.91. The molecule has 1 aromatic heterocycles. The van der Waals surface area contributed by atoms with Crippen molar-refractivity contribution in [1.82, 2.24) is 15.5 Å². The number of amides is 1. The number of carbonyl (C=O) groups excluding carboxylic acids is 1. The van der Waals surface area contributed by atoms with Crippen molar-refractivity contribution < 1.29 is 19.0 Å². The molecule has 1 atom stereocenters. The van der Waals surface area contributed by atoms with Crippen molar-refractivity contribution in [3.05, 3.63) is 46.1 Å². The molecule has 0 aliphatic rings. The molecule has 0 unspecified atom stereocenters. The first kappa shape index (κ1) is 16.4. The molecule has 0 aliphatic heterocycles. The lowest BCUT2D eigenvalue weighted by Crippen LogP contribution is -2.28. The summed E-state index contributed by atoms with van der Waals surface area (Å²) in [7, 11) is 0. The van der Waals surface area contributed by atoms with Crippen LogP contribution in [0.25, 0.3) is 0 Å². The second kappa shape index (κ2) is 7.34. The van der Waals surface area contributed by atoms with Gasteiger partial charge in [-0.2, -0.15) is 4.98 Å². The maximum Gasteiger partial charge on any atom is 0.310 e. The van der Waals surface area contributed by atoms with Gasteiger partial charge in [-0.25, -0.2) is 0 Å². The van der Waals surface area contributed by atoms with Crippen LogP contribution in [-0.4, -0.2) is 27.6 Å². The normalized spacial score (nSPS) is 11.7. The van der Waals surface area contributed by atoms with Gasteiger partial charge in [0.2, 0.25) is 12.3 Å². The van der Waals surface area contributed by atoms with Crippen LogP contribution in [0.3, 0.4) is 0 Å². The minimum Gasteiger partial charge on any atom is -0.486 e. The highest BCUT2D eigenvalue weighted by Gasteiger charge is 2.16. The Balaban J connectivity index is 1.86. The monoisotopic (exact) mass is 320 g/mol. The topological polar surface area (TPSA) is 120 Å². The lowest BCUT2D eigenvalue weighted by atomic mass is 10.2. The molecule has 2 rings (SSSR count). The summed E-state index contributed by atoms with van der Waals surface area (Å²) in [6, 6.07) is 4.18. The fourth-order valence-corrected chi connectivity index (χ4v) is 1.89. The number of nitrogens with zero attached hydrogens (tertiary/aromatic N) is 3. The highest BCUT2D eigenvalue weighted by Crippen LogP contribution is 2.27. The number of benzene rings is 1. The van der Waals surface area contributed by atoms with Crippen molar-refractivity contribution in [3.63, 3.8) is 0 Å². The molecule has 23 heavy (non-hydrogen) atoms. The molecule has 1 heterocycles. The maximum atomic E-state index is 11.8. The molecule has 1 amide bonds. The fourth-order valence-electron chi connectivity index (χ4n) is 1.89. The highest BCUT2D eigenvalue weighted by molar-refractivity contribution is 5.76. The number of aryl methyl sites for hydroxylation is 1. The quantitative estimate of drug-likeness (QED) is 0.611. The minimum absolute atomic E-state index is 0.0229. The SMILES string of the molecule is Cc1ccc([N+](=O)[O-])c(OCCC(=O)N[C@@H](C)c2ncon2)c1. The predicted molar refractivity (Wildman–Crippen MR) is 78.8 cm³/mol. The van der Waals surface area contributed by atoms with Gasteiger partial charge in [0.25, 0.3) is 0 Å². The van der Waals surface area contributed by atoms with E-state index >= 15 is 0 Å². The molecule has 0 bridgehead atoms. The third kappa shape index (κ3) is 4.50. The van der Waals surface area contributed by atoms with E-state index in [0.717, 1.165) is 5.56 Å². The second-order valence-electron chi connectivity index (χ2n) is 4.91. The lowest BCUT2D eigenvalue weighted by molar-refractivity contribution is -0.385. The first-order valence-corrected chi connectivity index (χ1v) is 6.91. The van der Waals surface area contributed by atoms with Crippen molar-refractivity contribution in [2.24, 2.45) is 0 Å². The molecule has 0 saturated heterocycles. The number of ether oxygens (including phenoxy) is 1. The standard InChI is InChI=1S/C14H16N4O5/c1-9-3-4-11(18(20)21)12(7-9)22-6-5-13(19)16-10(2)14-15-8-23-17-14/h3-4,7-8,10H,5-6H2,1-2H3,(H,16,19)/t10-/m0/s1. The molecule has 0 spiro atoms. The summed E-state index contributed by atoms with van der Waals surface area (Å²) >= 11 is 0. The van der Waals surface area contributed by atoms with Gasteiger partial charge in [0.15, 0.2) is 11.6 Å².